The van der Waals surface area contributed by atoms with Gasteiger partial charge in [0.25, 0.3) is 0 Å². The van der Waals surface area contributed by atoms with E-state index in [0.29, 0.717) is 10.9 Å². The summed E-state index contributed by atoms with van der Waals surface area (Å²) >= 11 is 3.21. The summed E-state index contributed by atoms with van der Waals surface area (Å²) in [5, 5.41) is 2.93. The number of hydrogen-bond acceptors (Lipinski definition) is 3. The van der Waals surface area contributed by atoms with Gasteiger partial charge in [-0.25, -0.2) is 12.8 Å². The molecule has 1 atom stereocenters. The summed E-state index contributed by atoms with van der Waals surface area (Å²) in [5.74, 6) is -0.291. The Labute approximate surface area is 109 Å². The normalized spacial score (nSPS) is 13.6. The molecule has 1 rings (SSSR count). The predicted molar refractivity (Wildman–Crippen MR) is 70.4 cm³/mol. The summed E-state index contributed by atoms with van der Waals surface area (Å²) in [6.45, 7) is 0. The first kappa shape index (κ1) is 14.6. The monoisotopic (exact) mass is 323 g/mol. The standard InChI is InChI=1S/C11H15BrFNO2S/c1-14-11(7-17(2,15)16)5-8-3-9(12)6-10(13)4-8/h3-4,6,11,14H,5,7H2,1-2H3. The van der Waals surface area contributed by atoms with Crippen LogP contribution in [-0.4, -0.2) is 33.5 Å². The average Bonchev–Trinajstić information content (AvgIpc) is 2.12. The number of hydrogen-bond donors (Lipinski definition) is 1. The lowest BCUT2D eigenvalue weighted by molar-refractivity contribution is 0.565. The SMILES string of the molecule is CNC(Cc1cc(F)cc(Br)c1)CS(C)(=O)=O. The molecule has 0 radical (unpaired) electrons. The Morgan fingerprint density at radius 2 is 2.06 bits per heavy atom. The lowest BCUT2D eigenvalue weighted by atomic mass is 10.1. The van der Waals surface area contributed by atoms with Crippen molar-refractivity contribution in [3.63, 3.8) is 0 Å². The summed E-state index contributed by atoms with van der Waals surface area (Å²) < 4.78 is 36.2. The topological polar surface area (TPSA) is 46.2 Å². The maximum atomic E-state index is 13.2. The fraction of sp³-hybridized carbons (Fsp3) is 0.455. The molecule has 0 fully saturated rings. The molecule has 6 heteroatoms. The van der Waals surface area contributed by atoms with Crippen LogP contribution in [0, 0.1) is 5.82 Å². The predicted octanol–water partition coefficient (Wildman–Crippen LogP) is 1.76. The first-order valence-electron chi connectivity index (χ1n) is 5.10. The molecule has 0 amide bonds. The molecule has 0 saturated carbocycles. The number of halogens is 2. The molecule has 3 nitrogen and oxygen atoms in total. The van der Waals surface area contributed by atoms with Gasteiger partial charge in [-0.1, -0.05) is 15.9 Å². The van der Waals surface area contributed by atoms with Gasteiger partial charge in [0.1, 0.15) is 15.7 Å². The van der Waals surface area contributed by atoms with Gasteiger partial charge in [-0.2, -0.15) is 0 Å². The smallest absolute Gasteiger partial charge is 0.148 e. The van der Waals surface area contributed by atoms with E-state index in [2.05, 4.69) is 21.2 Å². The summed E-state index contributed by atoms with van der Waals surface area (Å²) in [5.41, 5.74) is 0.764. The minimum Gasteiger partial charge on any atom is -0.316 e. The highest BCUT2D eigenvalue weighted by Gasteiger charge is 2.14. The quantitative estimate of drug-likeness (QED) is 0.898. The molecule has 1 N–H and O–H groups in total. The first-order valence-corrected chi connectivity index (χ1v) is 7.95. The average molecular weight is 324 g/mol. The van der Waals surface area contributed by atoms with Crippen LogP contribution in [0.1, 0.15) is 5.56 Å². The van der Waals surface area contributed by atoms with Gasteiger partial charge in [-0.15, -0.1) is 0 Å². The fourth-order valence-electron chi connectivity index (χ4n) is 1.62. The molecule has 1 unspecified atom stereocenters. The van der Waals surface area contributed by atoms with Crippen LogP contribution >= 0.6 is 15.9 Å². The maximum Gasteiger partial charge on any atom is 0.148 e. The lowest BCUT2D eigenvalue weighted by Crippen LogP contribution is -2.34. The molecule has 1 aromatic rings. The zero-order valence-corrected chi connectivity index (χ0v) is 12.1. The largest absolute Gasteiger partial charge is 0.316 e. The van der Waals surface area contributed by atoms with E-state index in [1.165, 1.54) is 18.4 Å². The molecular formula is C11H15BrFNO2S. The minimum absolute atomic E-state index is 0.0393. The summed E-state index contributed by atoms with van der Waals surface area (Å²) in [7, 11) is -1.35. The number of rotatable bonds is 5. The highest BCUT2D eigenvalue weighted by molar-refractivity contribution is 9.10. The van der Waals surface area contributed by atoms with Crippen molar-refractivity contribution in [2.24, 2.45) is 0 Å². The molecule has 0 saturated heterocycles. The van der Waals surface area contributed by atoms with Crippen LogP contribution in [0.3, 0.4) is 0 Å². The van der Waals surface area contributed by atoms with E-state index in [1.807, 2.05) is 0 Å². The van der Waals surface area contributed by atoms with Gasteiger partial charge in [0.15, 0.2) is 0 Å². The Hall–Kier alpha value is -0.460. The van der Waals surface area contributed by atoms with E-state index in [0.717, 1.165) is 5.56 Å². The van der Waals surface area contributed by atoms with Crippen LogP contribution in [0.2, 0.25) is 0 Å². The second kappa shape index (κ2) is 5.93. The van der Waals surface area contributed by atoms with Crippen LogP contribution in [0.15, 0.2) is 22.7 Å². The molecule has 0 aliphatic rings. The van der Waals surface area contributed by atoms with E-state index in [-0.39, 0.29) is 17.6 Å². The third kappa shape index (κ3) is 5.61. The Kier molecular flexibility index (Phi) is 5.09. The molecule has 0 spiro atoms. The van der Waals surface area contributed by atoms with Gasteiger partial charge in [-0.3, -0.25) is 0 Å². The van der Waals surface area contributed by atoms with Crippen molar-refractivity contribution in [2.45, 2.75) is 12.5 Å². The zero-order chi connectivity index (χ0) is 13.1. The van der Waals surface area contributed by atoms with Crippen LogP contribution in [0.5, 0.6) is 0 Å². The van der Waals surface area contributed by atoms with E-state index in [1.54, 1.807) is 13.1 Å². The summed E-state index contributed by atoms with van der Waals surface area (Å²) in [4.78, 5) is 0. The molecule has 0 aromatic heterocycles. The highest BCUT2D eigenvalue weighted by atomic mass is 79.9. The van der Waals surface area contributed by atoms with E-state index >= 15 is 0 Å². The van der Waals surface area contributed by atoms with Gasteiger partial charge in [0, 0.05) is 16.8 Å². The maximum absolute atomic E-state index is 13.2. The van der Waals surface area contributed by atoms with Crippen LogP contribution in [0.25, 0.3) is 0 Å². The van der Waals surface area contributed by atoms with E-state index in [4.69, 9.17) is 0 Å². The molecule has 96 valence electrons. The second-order valence-corrected chi connectivity index (χ2v) is 7.16. The van der Waals surface area contributed by atoms with Crippen molar-refractivity contribution in [1.82, 2.24) is 5.32 Å². The van der Waals surface area contributed by atoms with Gasteiger partial charge < -0.3 is 5.32 Å². The summed E-state index contributed by atoms with van der Waals surface area (Å²) in [6, 6.07) is 4.36. The van der Waals surface area contributed by atoms with Crippen molar-refractivity contribution in [3.05, 3.63) is 34.1 Å². The van der Waals surface area contributed by atoms with Crippen LogP contribution < -0.4 is 5.32 Å². The van der Waals surface area contributed by atoms with Gasteiger partial charge in [-0.05, 0) is 37.2 Å². The van der Waals surface area contributed by atoms with Crippen molar-refractivity contribution in [2.75, 3.05) is 19.1 Å². The minimum atomic E-state index is -3.04. The number of nitrogens with one attached hydrogen (secondary N) is 1. The molecular weight excluding hydrogens is 309 g/mol. The van der Waals surface area contributed by atoms with Crippen molar-refractivity contribution in [3.8, 4) is 0 Å². The lowest BCUT2D eigenvalue weighted by Gasteiger charge is -2.15. The van der Waals surface area contributed by atoms with E-state index in [9.17, 15) is 12.8 Å². The molecule has 1 aromatic carbocycles. The first-order chi connectivity index (χ1) is 7.80. The Bertz CT molecular complexity index is 470. The molecule has 0 heterocycles. The summed E-state index contributed by atoms with van der Waals surface area (Å²) in [6.07, 6.45) is 1.67. The molecule has 0 aliphatic heterocycles. The number of likely N-dealkylation sites (N-methyl/N-ethyl adjacent to an activating group) is 1. The Morgan fingerprint density at radius 3 is 2.53 bits per heavy atom. The highest BCUT2D eigenvalue weighted by Crippen LogP contribution is 2.16. The van der Waals surface area contributed by atoms with Crippen molar-refractivity contribution in [1.29, 1.82) is 0 Å². The fourth-order valence-corrected chi connectivity index (χ4v) is 3.15. The van der Waals surface area contributed by atoms with Crippen molar-refractivity contribution >= 4 is 25.8 Å². The van der Waals surface area contributed by atoms with Gasteiger partial charge in [0.05, 0.1) is 5.75 Å². The van der Waals surface area contributed by atoms with Crippen LogP contribution in [0.4, 0.5) is 4.39 Å². The van der Waals surface area contributed by atoms with Gasteiger partial charge >= 0.3 is 0 Å². The third-order valence-corrected chi connectivity index (χ3v) is 3.78. The third-order valence-electron chi connectivity index (χ3n) is 2.32. The Balaban J connectivity index is 2.80. The Morgan fingerprint density at radius 1 is 1.41 bits per heavy atom. The van der Waals surface area contributed by atoms with Gasteiger partial charge in [0.2, 0.25) is 0 Å². The zero-order valence-electron chi connectivity index (χ0n) is 9.70. The second-order valence-electron chi connectivity index (χ2n) is 4.06. The molecule has 0 aliphatic carbocycles. The van der Waals surface area contributed by atoms with E-state index < -0.39 is 9.84 Å². The number of sulfone groups is 1. The number of benzene rings is 1. The molecule has 17 heavy (non-hydrogen) atoms. The van der Waals surface area contributed by atoms with Crippen molar-refractivity contribution < 1.29 is 12.8 Å². The van der Waals surface area contributed by atoms with Crippen LogP contribution in [-0.2, 0) is 16.3 Å². The molecule has 0 bridgehead atoms.